The molecule has 1 aliphatic rings. The molecule has 17 heavy (non-hydrogen) atoms. The van der Waals surface area contributed by atoms with Crippen molar-refractivity contribution in [3.8, 4) is 0 Å². The van der Waals surface area contributed by atoms with E-state index in [9.17, 15) is 9.18 Å². The summed E-state index contributed by atoms with van der Waals surface area (Å²) >= 11 is 0.0777. The van der Waals surface area contributed by atoms with Gasteiger partial charge in [0, 0.05) is 0 Å². The average molecular weight is 349 g/mol. The molecule has 2 nitrogen and oxygen atoms in total. The summed E-state index contributed by atoms with van der Waals surface area (Å²) in [6, 6.07) is 3.41. The van der Waals surface area contributed by atoms with Crippen molar-refractivity contribution in [1.29, 1.82) is 0 Å². The third-order valence-electron chi connectivity index (χ3n) is 3.03. The van der Waals surface area contributed by atoms with Gasteiger partial charge in [-0.3, -0.25) is 0 Å². The fraction of sp³-hybridized carbons (Fsp3) is 0.462. The van der Waals surface area contributed by atoms with Crippen molar-refractivity contribution in [2.75, 3.05) is 11.5 Å². The number of rotatable bonds is 3. The molecule has 1 unspecified atom stereocenters. The number of alkyl halides is 2. The van der Waals surface area contributed by atoms with Crippen molar-refractivity contribution in [2.24, 2.45) is 0 Å². The zero-order chi connectivity index (χ0) is 12.4. The van der Waals surface area contributed by atoms with E-state index < -0.39 is 5.97 Å². The van der Waals surface area contributed by atoms with Gasteiger partial charge in [0.05, 0.1) is 0 Å². The molecule has 1 aromatic rings. The number of carbonyl (C=O) groups excluding carboxylic acids is 1. The van der Waals surface area contributed by atoms with Gasteiger partial charge in [-0.15, -0.1) is 0 Å². The van der Waals surface area contributed by atoms with Gasteiger partial charge < -0.3 is 0 Å². The first-order valence-corrected chi connectivity index (χ1v) is 8.43. The van der Waals surface area contributed by atoms with E-state index in [4.69, 9.17) is 0 Å². The van der Waals surface area contributed by atoms with E-state index in [1.807, 2.05) is 13.0 Å². The van der Waals surface area contributed by atoms with Gasteiger partial charge in [-0.05, 0) is 0 Å². The van der Waals surface area contributed by atoms with Crippen molar-refractivity contribution in [2.45, 2.75) is 23.7 Å². The van der Waals surface area contributed by atoms with Crippen LogP contribution in [0, 0.1) is 5.82 Å². The van der Waals surface area contributed by atoms with Gasteiger partial charge in [0.2, 0.25) is 0 Å². The topological polar surface area (TPSA) is 26.3 Å². The molecule has 0 saturated carbocycles. The molecular formula is C13H15FIO2-. The second-order valence-electron chi connectivity index (χ2n) is 3.94. The second-order valence-corrected chi connectivity index (χ2v) is 7.41. The van der Waals surface area contributed by atoms with E-state index in [1.54, 1.807) is 6.07 Å². The van der Waals surface area contributed by atoms with Crippen molar-refractivity contribution in [3.63, 3.8) is 0 Å². The fourth-order valence-corrected chi connectivity index (χ4v) is 4.35. The molecule has 0 amide bonds. The van der Waals surface area contributed by atoms with Crippen molar-refractivity contribution in [3.05, 3.63) is 34.6 Å². The van der Waals surface area contributed by atoms with Gasteiger partial charge in [-0.25, -0.2) is 0 Å². The molecular weight excluding hydrogens is 334 g/mol. The van der Waals surface area contributed by atoms with E-state index >= 15 is 0 Å². The minimum absolute atomic E-state index is 0.0777. The number of hydrogen-bond acceptors (Lipinski definition) is 2. The zero-order valence-electron chi connectivity index (χ0n) is 9.93. The Morgan fingerprint density at radius 2 is 2.29 bits per heavy atom. The Kier molecular flexibility index (Phi) is 4.01. The summed E-state index contributed by atoms with van der Waals surface area (Å²) in [5.41, 5.74) is 1.91. The van der Waals surface area contributed by atoms with Gasteiger partial charge in [0.1, 0.15) is 0 Å². The number of hydrogen-bond donors (Lipinski definition) is 0. The van der Waals surface area contributed by atoms with Gasteiger partial charge in [-0.2, -0.15) is 0 Å². The fourth-order valence-electron chi connectivity index (χ4n) is 1.99. The Hall–Kier alpha value is -0.650. The van der Waals surface area contributed by atoms with Gasteiger partial charge in [0.25, 0.3) is 0 Å². The second kappa shape index (κ2) is 5.33. The molecule has 94 valence electrons. The van der Waals surface area contributed by atoms with Crippen LogP contribution in [0.15, 0.2) is 12.1 Å². The predicted molar refractivity (Wildman–Crippen MR) is 59.3 cm³/mol. The summed E-state index contributed by atoms with van der Waals surface area (Å²) in [5.74, 6) is -0.926. The number of ether oxygens (including phenoxy) is 1. The molecule has 0 aromatic heterocycles. The van der Waals surface area contributed by atoms with E-state index in [2.05, 4.69) is 4.74 Å². The van der Waals surface area contributed by atoms with Crippen LogP contribution in [0.25, 0.3) is 0 Å². The zero-order valence-corrected chi connectivity index (χ0v) is 12.1. The quantitative estimate of drug-likeness (QED) is 0.426. The number of esters is 1. The molecule has 2 rings (SSSR count). The van der Waals surface area contributed by atoms with Crippen LogP contribution in [0.5, 0.6) is 0 Å². The van der Waals surface area contributed by atoms with Crippen LogP contribution in [0.4, 0.5) is 4.39 Å². The number of halogens is 2. The molecule has 1 aliphatic heterocycles. The van der Waals surface area contributed by atoms with Crippen LogP contribution in [0.2, 0.25) is 0 Å². The maximum atomic E-state index is 14.3. The van der Waals surface area contributed by atoms with E-state index in [0.717, 1.165) is 24.0 Å². The molecule has 0 radical (unpaired) electrons. The van der Waals surface area contributed by atoms with E-state index in [0.29, 0.717) is 3.92 Å². The molecule has 1 heterocycles. The summed E-state index contributed by atoms with van der Waals surface area (Å²) in [6.07, 6.45) is 1.88. The molecule has 1 saturated heterocycles. The van der Waals surface area contributed by atoms with Crippen LogP contribution >= 0.6 is 0 Å². The van der Waals surface area contributed by atoms with E-state index in [1.165, 1.54) is 11.5 Å². The van der Waals surface area contributed by atoms with Crippen LogP contribution in [0.3, 0.4) is 0 Å². The number of benzene rings is 1. The first-order chi connectivity index (χ1) is 8.19. The Bertz CT molecular complexity index is 441. The Morgan fingerprint density at radius 3 is 2.76 bits per heavy atom. The summed E-state index contributed by atoms with van der Waals surface area (Å²) in [6.45, 7) is 2.02. The van der Waals surface area contributed by atoms with Crippen LogP contribution < -0.4 is 21.2 Å². The maximum absolute atomic E-state index is 14.3. The minimum atomic E-state index is -0.580. The molecule has 0 spiro atoms. The molecule has 1 fully saturated rings. The number of methoxy groups -OCH3 is 1. The molecule has 0 bridgehead atoms. The summed E-state index contributed by atoms with van der Waals surface area (Å²) < 4.78 is 20.6. The number of carbonyl (C=O) groups is 1. The van der Waals surface area contributed by atoms with Crippen molar-refractivity contribution in [1.82, 2.24) is 0 Å². The Labute approximate surface area is 111 Å². The third kappa shape index (κ3) is 2.32. The van der Waals surface area contributed by atoms with E-state index in [-0.39, 0.29) is 32.6 Å². The molecule has 1 aromatic carbocycles. The standard InChI is InChI=1S/C13H15FIO2/c1-3-8-4-5-9(13(16)17-2)12(14)11(8)10-6-7-15-10/h4-5,10H,3,6-7H2,1-2H3/q-1. The van der Waals surface area contributed by atoms with Crippen molar-refractivity contribution >= 4 is 5.97 Å². The normalized spacial score (nSPS) is 19.1. The van der Waals surface area contributed by atoms with Gasteiger partial charge >= 0.3 is 111 Å². The first-order valence-electron chi connectivity index (χ1n) is 5.66. The first kappa shape index (κ1) is 12.8. The summed E-state index contributed by atoms with van der Waals surface area (Å²) in [7, 11) is 1.28. The Balaban J connectivity index is 2.48. The van der Waals surface area contributed by atoms with Gasteiger partial charge in [-0.1, -0.05) is 0 Å². The van der Waals surface area contributed by atoms with Crippen molar-refractivity contribution < 1.29 is 35.1 Å². The monoisotopic (exact) mass is 349 g/mol. The van der Waals surface area contributed by atoms with Crippen LogP contribution in [-0.2, 0) is 11.2 Å². The summed E-state index contributed by atoms with van der Waals surface area (Å²) in [4.78, 5) is 11.5. The number of aryl methyl sites for hydroxylation is 1. The summed E-state index contributed by atoms with van der Waals surface area (Å²) in [5, 5.41) is 0. The SMILES string of the molecule is CCc1ccc(C(=O)OC)c(F)c1C1CC[I-]1. The molecule has 0 N–H and O–H groups in total. The predicted octanol–water partition coefficient (Wildman–Crippen LogP) is -0.291. The average Bonchev–Trinajstić information content (AvgIpc) is 2.28. The molecule has 4 heteroatoms. The van der Waals surface area contributed by atoms with Gasteiger partial charge in [0.15, 0.2) is 0 Å². The molecule has 1 atom stereocenters. The third-order valence-corrected chi connectivity index (χ3v) is 6.58. The van der Waals surface area contributed by atoms with Crippen LogP contribution in [0.1, 0.15) is 38.8 Å². The Morgan fingerprint density at radius 1 is 1.59 bits per heavy atom. The van der Waals surface area contributed by atoms with Crippen LogP contribution in [-0.4, -0.2) is 17.5 Å². The molecule has 0 aliphatic carbocycles.